The first-order valence-corrected chi connectivity index (χ1v) is 13.3. The van der Waals surface area contributed by atoms with Crippen molar-refractivity contribution >= 4 is 26.9 Å². The van der Waals surface area contributed by atoms with Crippen molar-refractivity contribution < 1.29 is 22.4 Å². The average Bonchev–Trinajstić information content (AvgIpc) is 3.55. The molecule has 4 heterocycles. The number of aromatic nitrogens is 8. The highest BCUT2D eigenvalue weighted by molar-refractivity contribution is 7.93. The SMILES string of the molecule is COc1ncnc(OC)c1-n1c(NS(=O)(=O)C(C)C(C)c2ncc(C)cn2)nnc1-c1noc2ccccc12. The Morgan fingerprint density at radius 2 is 1.64 bits per heavy atom. The van der Waals surface area contributed by atoms with E-state index in [0.29, 0.717) is 22.5 Å². The number of para-hydroxylation sites is 1. The van der Waals surface area contributed by atoms with Crippen LogP contribution in [0.15, 0.2) is 47.5 Å². The number of aryl methyl sites for hydroxylation is 1. The molecule has 14 nitrogen and oxygen atoms in total. The summed E-state index contributed by atoms with van der Waals surface area (Å²) in [6.07, 6.45) is 4.54. The zero-order chi connectivity index (χ0) is 27.7. The molecule has 5 aromatic rings. The predicted molar refractivity (Wildman–Crippen MR) is 140 cm³/mol. The molecule has 1 aromatic carbocycles. The number of benzene rings is 1. The van der Waals surface area contributed by atoms with Crippen LogP contribution in [0.1, 0.15) is 31.2 Å². The van der Waals surface area contributed by atoms with Crippen LogP contribution < -0.4 is 14.2 Å². The quantitative estimate of drug-likeness (QED) is 0.284. The normalized spacial score (nSPS) is 13.3. The van der Waals surface area contributed by atoms with Crippen LogP contribution in [-0.4, -0.2) is 67.7 Å². The van der Waals surface area contributed by atoms with Gasteiger partial charge >= 0.3 is 0 Å². The molecule has 39 heavy (non-hydrogen) atoms. The van der Waals surface area contributed by atoms with Gasteiger partial charge in [-0.3, -0.25) is 4.72 Å². The number of methoxy groups -OCH3 is 2. The number of ether oxygens (including phenoxy) is 2. The number of hydrogen-bond acceptors (Lipinski definition) is 12. The molecule has 2 atom stereocenters. The molecule has 0 saturated heterocycles. The highest BCUT2D eigenvalue weighted by Crippen LogP contribution is 2.37. The van der Waals surface area contributed by atoms with E-state index in [-0.39, 0.29) is 29.2 Å². The van der Waals surface area contributed by atoms with Crippen molar-refractivity contribution in [3.63, 3.8) is 0 Å². The first-order chi connectivity index (χ1) is 18.7. The summed E-state index contributed by atoms with van der Waals surface area (Å²) in [7, 11) is -1.23. The van der Waals surface area contributed by atoms with Crippen LogP contribution in [0.2, 0.25) is 0 Å². The average molecular weight is 552 g/mol. The topological polar surface area (TPSA) is 173 Å². The molecule has 0 aliphatic carbocycles. The van der Waals surface area contributed by atoms with Gasteiger partial charge in [-0.2, -0.15) is 9.97 Å². The Bertz CT molecular complexity index is 1710. The fraction of sp³-hybridized carbons (Fsp3) is 0.292. The van der Waals surface area contributed by atoms with Crippen molar-refractivity contribution in [2.45, 2.75) is 31.9 Å². The second-order valence-corrected chi connectivity index (χ2v) is 10.7. The van der Waals surface area contributed by atoms with Crippen molar-refractivity contribution in [1.29, 1.82) is 0 Å². The zero-order valence-corrected chi connectivity index (χ0v) is 22.5. The maximum absolute atomic E-state index is 13.6. The summed E-state index contributed by atoms with van der Waals surface area (Å²) in [6, 6.07) is 7.17. The second kappa shape index (κ2) is 10.2. The van der Waals surface area contributed by atoms with Gasteiger partial charge in [0.05, 0.1) is 24.9 Å². The minimum atomic E-state index is -4.06. The van der Waals surface area contributed by atoms with E-state index in [2.05, 4.69) is 40.0 Å². The monoisotopic (exact) mass is 551 g/mol. The Balaban J connectivity index is 1.65. The zero-order valence-electron chi connectivity index (χ0n) is 21.7. The number of nitrogens with one attached hydrogen (secondary N) is 1. The van der Waals surface area contributed by atoms with Crippen molar-refractivity contribution in [2.75, 3.05) is 18.9 Å². The molecule has 4 aromatic heterocycles. The molecule has 0 amide bonds. The fourth-order valence-corrected chi connectivity index (χ4v) is 5.17. The van der Waals surface area contributed by atoms with Crippen LogP contribution >= 0.6 is 0 Å². The number of hydrogen-bond donors (Lipinski definition) is 1. The Morgan fingerprint density at radius 1 is 0.974 bits per heavy atom. The van der Waals surface area contributed by atoms with Crippen molar-refractivity contribution in [3.8, 4) is 29.0 Å². The maximum atomic E-state index is 13.6. The molecule has 0 spiro atoms. The molecule has 202 valence electrons. The minimum absolute atomic E-state index is 0.0885. The highest BCUT2D eigenvalue weighted by Gasteiger charge is 2.33. The van der Waals surface area contributed by atoms with Gasteiger partial charge in [-0.25, -0.2) is 23.0 Å². The van der Waals surface area contributed by atoms with E-state index in [1.165, 1.54) is 25.1 Å². The van der Waals surface area contributed by atoms with E-state index < -0.39 is 21.2 Å². The van der Waals surface area contributed by atoms with Crippen LogP contribution in [0, 0.1) is 6.92 Å². The van der Waals surface area contributed by atoms with Crippen molar-refractivity contribution in [2.24, 2.45) is 0 Å². The standard InChI is InChI=1S/C24H25N9O5S/c1-13-10-25-20(26-11-13)14(2)15(3)39(34,35)32-24-30-29-21(18-16-8-6-7-9-17(16)38-31-18)33(24)19-22(36-4)27-12-28-23(19)37-5/h6-12,14-15H,1-5H3,(H,30,32). The Kier molecular flexibility index (Phi) is 6.82. The van der Waals surface area contributed by atoms with Gasteiger partial charge in [-0.1, -0.05) is 24.2 Å². The molecule has 2 unspecified atom stereocenters. The molecule has 0 bridgehead atoms. The summed E-state index contributed by atoms with van der Waals surface area (Å²) in [5.41, 5.74) is 1.85. The number of anilines is 1. The van der Waals surface area contributed by atoms with Gasteiger partial charge in [0.15, 0.2) is 22.8 Å². The van der Waals surface area contributed by atoms with Crippen LogP contribution in [0.3, 0.4) is 0 Å². The highest BCUT2D eigenvalue weighted by atomic mass is 32.2. The van der Waals surface area contributed by atoms with Crippen LogP contribution in [0.4, 0.5) is 5.95 Å². The number of sulfonamides is 1. The van der Waals surface area contributed by atoms with E-state index in [1.54, 1.807) is 44.4 Å². The second-order valence-electron chi connectivity index (χ2n) is 8.71. The molecule has 0 aliphatic rings. The van der Waals surface area contributed by atoms with Crippen molar-refractivity contribution in [1.82, 2.24) is 39.9 Å². The minimum Gasteiger partial charge on any atom is -0.479 e. The molecule has 0 aliphatic heterocycles. The largest absolute Gasteiger partial charge is 0.479 e. The molecule has 0 fully saturated rings. The predicted octanol–water partition coefficient (Wildman–Crippen LogP) is 2.92. The van der Waals surface area contributed by atoms with Crippen LogP contribution in [-0.2, 0) is 10.0 Å². The lowest BCUT2D eigenvalue weighted by molar-refractivity contribution is 0.368. The molecule has 1 N–H and O–H groups in total. The summed E-state index contributed by atoms with van der Waals surface area (Å²) in [4.78, 5) is 16.9. The van der Waals surface area contributed by atoms with Crippen molar-refractivity contribution in [3.05, 3.63) is 54.4 Å². The third-order valence-electron chi connectivity index (χ3n) is 6.25. The summed E-state index contributed by atoms with van der Waals surface area (Å²) < 4.78 is 47.5. The van der Waals surface area contributed by atoms with E-state index in [0.717, 1.165) is 5.56 Å². The fourth-order valence-electron chi connectivity index (χ4n) is 3.94. The van der Waals surface area contributed by atoms with E-state index in [9.17, 15) is 8.42 Å². The summed E-state index contributed by atoms with van der Waals surface area (Å²) in [5.74, 6) is 0.0206. The Labute approximate surface area is 223 Å². The molecule has 5 rings (SSSR count). The molecule has 15 heteroatoms. The lowest BCUT2D eigenvalue weighted by Crippen LogP contribution is -2.31. The number of rotatable bonds is 9. The molecule has 0 radical (unpaired) electrons. The summed E-state index contributed by atoms with van der Waals surface area (Å²) in [6.45, 7) is 5.16. The van der Waals surface area contributed by atoms with Crippen LogP contribution in [0.5, 0.6) is 11.8 Å². The smallest absolute Gasteiger partial charge is 0.245 e. The lowest BCUT2D eigenvalue weighted by Gasteiger charge is -2.20. The summed E-state index contributed by atoms with van der Waals surface area (Å²) >= 11 is 0. The Morgan fingerprint density at radius 3 is 2.31 bits per heavy atom. The first kappa shape index (κ1) is 26.0. The lowest BCUT2D eigenvalue weighted by atomic mass is 10.1. The van der Waals surface area contributed by atoms with Gasteiger partial charge in [0, 0.05) is 18.3 Å². The van der Waals surface area contributed by atoms with Gasteiger partial charge in [0.1, 0.15) is 12.2 Å². The molecular weight excluding hydrogens is 526 g/mol. The molecule has 0 saturated carbocycles. The van der Waals surface area contributed by atoms with Gasteiger partial charge in [-0.15, -0.1) is 10.2 Å². The van der Waals surface area contributed by atoms with E-state index in [1.807, 2.05) is 13.0 Å². The third kappa shape index (κ3) is 4.71. The van der Waals surface area contributed by atoms with E-state index >= 15 is 0 Å². The molecular formula is C24H25N9O5S. The Hall–Kier alpha value is -4.66. The van der Waals surface area contributed by atoms with Gasteiger partial charge in [-0.05, 0) is 31.5 Å². The third-order valence-corrected chi connectivity index (χ3v) is 8.11. The van der Waals surface area contributed by atoms with E-state index in [4.69, 9.17) is 14.0 Å². The summed E-state index contributed by atoms with van der Waals surface area (Å²) in [5, 5.41) is 12.3. The van der Waals surface area contributed by atoms with Gasteiger partial charge in [0.2, 0.25) is 27.7 Å². The number of nitrogens with zero attached hydrogens (tertiary/aromatic N) is 8. The number of fused-ring (bicyclic) bond motifs is 1. The maximum Gasteiger partial charge on any atom is 0.245 e. The van der Waals surface area contributed by atoms with Crippen LogP contribution in [0.25, 0.3) is 28.2 Å². The van der Waals surface area contributed by atoms with Gasteiger partial charge in [0.25, 0.3) is 0 Å². The van der Waals surface area contributed by atoms with Gasteiger partial charge < -0.3 is 14.0 Å². The first-order valence-electron chi connectivity index (χ1n) is 11.8.